The zero-order valence-electron chi connectivity index (χ0n) is 21.9. The molecule has 0 bridgehead atoms. The van der Waals surface area contributed by atoms with Crippen LogP contribution in [0.25, 0.3) is 21.5 Å². The summed E-state index contributed by atoms with van der Waals surface area (Å²) in [4.78, 5) is 0. The first-order valence-corrected chi connectivity index (χ1v) is 11.5. The molecule has 0 aliphatic rings. The molecule has 4 aromatic carbocycles. The molecule has 0 fully saturated rings. The third kappa shape index (κ3) is 9.14. The van der Waals surface area contributed by atoms with Crippen molar-refractivity contribution in [3.8, 4) is 0 Å². The Morgan fingerprint density at radius 2 is 0.912 bits per heavy atom. The minimum atomic E-state index is 0. The summed E-state index contributed by atoms with van der Waals surface area (Å²) in [7, 11) is 0. The molecule has 0 radical (unpaired) electrons. The van der Waals surface area contributed by atoms with Gasteiger partial charge in [0.25, 0.3) is 0 Å². The van der Waals surface area contributed by atoms with Gasteiger partial charge in [-0.2, -0.15) is 12.1 Å². The Balaban J connectivity index is 0. The SMILES string of the molecule is Cc1cc2c(CC(C)C)ccc(C)c2[cH-]1.Cc1cc2c(CC(C)C)ccc(C)c2[cH-]1.[Cl-].[Cl-].[Zr+2].[Zr+2]. The first-order valence-electron chi connectivity index (χ1n) is 11.5. The molecule has 180 valence electrons. The van der Waals surface area contributed by atoms with Gasteiger partial charge >= 0.3 is 52.4 Å². The molecule has 4 aromatic rings. The normalized spacial score (nSPS) is 10.2. The van der Waals surface area contributed by atoms with E-state index in [4.69, 9.17) is 0 Å². The van der Waals surface area contributed by atoms with Crippen molar-refractivity contribution in [3.05, 3.63) is 81.9 Å². The quantitative estimate of drug-likeness (QED) is 0.298. The van der Waals surface area contributed by atoms with Crippen LogP contribution in [0, 0.1) is 39.5 Å². The van der Waals surface area contributed by atoms with E-state index in [1.807, 2.05) is 0 Å². The Morgan fingerprint density at radius 3 is 1.21 bits per heavy atom. The van der Waals surface area contributed by atoms with Gasteiger partial charge in [0.1, 0.15) is 0 Å². The van der Waals surface area contributed by atoms with E-state index in [2.05, 4.69) is 104 Å². The average molecular weight is 652 g/mol. The predicted octanol–water partition coefficient (Wildman–Crippen LogP) is 2.75. The maximum atomic E-state index is 2.32. The molecule has 4 rings (SSSR count). The fraction of sp³-hybridized carbons (Fsp3) is 0.400. The predicted molar refractivity (Wildman–Crippen MR) is 135 cm³/mol. The topological polar surface area (TPSA) is 0 Å². The molecule has 0 amide bonds. The summed E-state index contributed by atoms with van der Waals surface area (Å²) in [5.41, 5.74) is 8.54. The van der Waals surface area contributed by atoms with Gasteiger partial charge in [-0.15, -0.1) is 68.1 Å². The van der Waals surface area contributed by atoms with Crippen molar-refractivity contribution in [3.63, 3.8) is 0 Å². The van der Waals surface area contributed by atoms with Crippen LogP contribution in [0.4, 0.5) is 0 Å². The molecule has 0 nitrogen and oxygen atoms in total. The fourth-order valence-corrected chi connectivity index (χ4v) is 4.53. The summed E-state index contributed by atoms with van der Waals surface area (Å²) in [6.45, 7) is 17.9. The van der Waals surface area contributed by atoms with Crippen molar-refractivity contribution in [2.24, 2.45) is 11.8 Å². The molecule has 34 heavy (non-hydrogen) atoms. The van der Waals surface area contributed by atoms with E-state index in [9.17, 15) is 0 Å². The van der Waals surface area contributed by atoms with Gasteiger partial charge in [-0.1, -0.05) is 78.6 Å². The molecule has 0 aromatic heterocycles. The van der Waals surface area contributed by atoms with Crippen LogP contribution >= 0.6 is 0 Å². The molecule has 0 atom stereocenters. The summed E-state index contributed by atoms with van der Waals surface area (Å²) >= 11 is 0. The summed E-state index contributed by atoms with van der Waals surface area (Å²) in [5, 5.41) is 5.79. The van der Waals surface area contributed by atoms with E-state index < -0.39 is 0 Å². The number of aryl methyl sites for hydroxylation is 4. The van der Waals surface area contributed by atoms with Gasteiger partial charge < -0.3 is 24.8 Å². The van der Waals surface area contributed by atoms with E-state index in [0.717, 1.165) is 11.8 Å². The van der Waals surface area contributed by atoms with E-state index in [-0.39, 0.29) is 77.2 Å². The minimum Gasteiger partial charge on any atom is -1.00 e. The molecule has 0 N–H and O–H groups in total. The zero-order valence-corrected chi connectivity index (χ0v) is 28.4. The number of halogens is 2. The van der Waals surface area contributed by atoms with E-state index in [0.29, 0.717) is 0 Å². The first-order chi connectivity index (χ1) is 14.2. The number of fused-ring (bicyclic) bond motifs is 2. The zero-order chi connectivity index (χ0) is 22.0. The van der Waals surface area contributed by atoms with Crippen LogP contribution < -0.4 is 24.8 Å². The Labute approximate surface area is 258 Å². The van der Waals surface area contributed by atoms with Crippen molar-refractivity contribution in [2.75, 3.05) is 0 Å². The molecule has 0 unspecified atom stereocenters. The molecule has 0 heterocycles. The second-order valence-corrected chi connectivity index (χ2v) is 10.00. The number of rotatable bonds is 4. The molecule has 0 aliphatic carbocycles. The standard InChI is InChI=1S/2C15H19.2ClH.2Zr/c2*1-10(2)7-13-6-5-12(4)14-8-11(3)9-15(13)14;;;;/h2*5-6,8-10H,7H2,1-4H3;2*1H;;/q2*-1;;;2*+2/p-2. The van der Waals surface area contributed by atoms with Gasteiger partial charge in [0.2, 0.25) is 0 Å². The smallest absolute Gasteiger partial charge is 1.00 e. The third-order valence-corrected chi connectivity index (χ3v) is 5.94. The number of hydrogen-bond donors (Lipinski definition) is 0. The van der Waals surface area contributed by atoms with Crippen LogP contribution in [0.1, 0.15) is 61.1 Å². The van der Waals surface area contributed by atoms with E-state index in [1.54, 1.807) is 0 Å². The molecular formula is C30H38Cl2Zr2. The minimum absolute atomic E-state index is 0. The van der Waals surface area contributed by atoms with Crippen LogP contribution in [0.2, 0.25) is 0 Å². The summed E-state index contributed by atoms with van der Waals surface area (Å²) in [6.07, 6.45) is 2.36. The maximum absolute atomic E-state index is 2.32. The monoisotopic (exact) mass is 648 g/mol. The molecule has 4 heteroatoms. The van der Waals surface area contributed by atoms with Crippen LogP contribution in [-0.2, 0) is 65.2 Å². The van der Waals surface area contributed by atoms with Gasteiger partial charge in [0.15, 0.2) is 0 Å². The van der Waals surface area contributed by atoms with Crippen LogP contribution in [-0.4, -0.2) is 0 Å². The Morgan fingerprint density at radius 1 is 0.588 bits per heavy atom. The summed E-state index contributed by atoms with van der Waals surface area (Å²) in [5.74, 6) is 1.46. The van der Waals surface area contributed by atoms with E-state index in [1.165, 1.54) is 67.8 Å². The van der Waals surface area contributed by atoms with Crippen LogP contribution in [0.5, 0.6) is 0 Å². The van der Waals surface area contributed by atoms with Crippen molar-refractivity contribution in [2.45, 2.75) is 68.2 Å². The molecule has 0 saturated carbocycles. The second kappa shape index (κ2) is 16.0. The Kier molecular flexibility index (Phi) is 17.0. The third-order valence-electron chi connectivity index (χ3n) is 5.94. The largest absolute Gasteiger partial charge is 2.00 e. The number of benzene rings is 2. The second-order valence-electron chi connectivity index (χ2n) is 10.00. The van der Waals surface area contributed by atoms with Crippen molar-refractivity contribution in [1.82, 2.24) is 0 Å². The van der Waals surface area contributed by atoms with Crippen molar-refractivity contribution >= 4 is 21.5 Å². The van der Waals surface area contributed by atoms with Gasteiger partial charge in [-0.3, -0.25) is 0 Å². The first kappa shape index (κ1) is 36.2. The summed E-state index contributed by atoms with van der Waals surface area (Å²) < 4.78 is 0. The molecular weight excluding hydrogens is 614 g/mol. The van der Waals surface area contributed by atoms with Gasteiger partial charge in [-0.05, 0) is 24.7 Å². The Bertz CT molecular complexity index is 1060. The van der Waals surface area contributed by atoms with Gasteiger partial charge in [-0.25, -0.2) is 0 Å². The van der Waals surface area contributed by atoms with Gasteiger partial charge in [0, 0.05) is 0 Å². The maximum Gasteiger partial charge on any atom is 2.00 e. The molecule has 0 spiro atoms. The van der Waals surface area contributed by atoms with Gasteiger partial charge in [0.05, 0.1) is 0 Å². The fourth-order valence-electron chi connectivity index (χ4n) is 4.53. The number of hydrogen-bond acceptors (Lipinski definition) is 0. The summed E-state index contributed by atoms with van der Waals surface area (Å²) in [6, 6.07) is 18.3. The Hall–Kier alpha value is 0.00623. The van der Waals surface area contributed by atoms with Crippen molar-refractivity contribution < 1.29 is 77.2 Å². The molecule has 0 aliphatic heterocycles. The van der Waals surface area contributed by atoms with Crippen LogP contribution in [0.3, 0.4) is 0 Å². The van der Waals surface area contributed by atoms with E-state index >= 15 is 0 Å². The average Bonchev–Trinajstić information content (AvgIpc) is 3.24. The van der Waals surface area contributed by atoms with Crippen LogP contribution in [0.15, 0.2) is 48.5 Å². The van der Waals surface area contributed by atoms with Crippen molar-refractivity contribution in [1.29, 1.82) is 0 Å². The molecule has 0 saturated heterocycles.